The van der Waals surface area contributed by atoms with E-state index in [-0.39, 0.29) is 5.43 Å². The second-order valence-electron chi connectivity index (χ2n) is 3.32. The van der Waals surface area contributed by atoms with Crippen LogP contribution in [0.3, 0.4) is 0 Å². The smallest absolute Gasteiger partial charge is 0.189 e. The van der Waals surface area contributed by atoms with Crippen LogP contribution >= 0.6 is 0 Å². The molecule has 0 radical (unpaired) electrons. The molecule has 1 aromatic heterocycles. The van der Waals surface area contributed by atoms with Gasteiger partial charge < -0.3 is 4.98 Å². The lowest BCUT2D eigenvalue weighted by Crippen LogP contribution is -2.00. The first-order chi connectivity index (χ1) is 7.18. The van der Waals surface area contributed by atoms with E-state index in [2.05, 4.69) is 4.98 Å². The maximum absolute atomic E-state index is 11.4. The Kier molecular flexibility index (Phi) is 3.67. The highest BCUT2D eigenvalue weighted by atomic mass is 16.1. The van der Waals surface area contributed by atoms with Gasteiger partial charge in [0.25, 0.3) is 0 Å². The second-order valence-corrected chi connectivity index (χ2v) is 3.32. The topological polar surface area (TPSA) is 32.9 Å². The molecule has 1 N–H and O–H groups in total. The van der Waals surface area contributed by atoms with Crippen LogP contribution in [0.25, 0.3) is 10.9 Å². The zero-order chi connectivity index (χ0) is 11.4. The first kappa shape index (κ1) is 11.5. The van der Waals surface area contributed by atoms with E-state index >= 15 is 0 Å². The third-order valence-corrected chi connectivity index (χ3v) is 2.37. The standard InChI is InChI=1S/C11H11NO.C2H6/c1-7-5-9-10(6-8(7)2)12-4-3-11(9)13;1-2/h3-6H,1-2H3,(H,12,13);1-2H3. The van der Waals surface area contributed by atoms with Gasteiger partial charge in [-0.15, -0.1) is 0 Å². The van der Waals surface area contributed by atoms with E-state index in [4.69, 9.17) is 0 Å². The molecule has 2 heteroatoms. The van der Waals surface area contributed by atoms with Crippen LogP contribution in [0.15, 0.2) is 29.2 Å². The summed E-state index contributed by atoms with van der Waals surface area (Å²) in [6.07, 6.45) is 1.68. The lowest BCUT2D eigenvalue weighted by molar-refractivity contribution is 1.32. The molecule has 80 valence electrons. The van der Waals surface area contributed by atoms with Crippen molar-refractivity contribution < 1.29 is 0 Å². The number of pyridine rings is 1. The summed E-state index contributed by atoms with van der Waals surface area (Å²) in [6, 6.07) is 5.49. The van der Waals surface area contributed by atoms with Crippen LogP contribution < -0.4 is 5.43 Å². The molecular formula is C13H17NO. The molecule has 0 unspecified atom stereocenters. The van der Waals surface area contributed by atoms with Gasteiger partial charge in [0.15, 0.2) is 5.43 Å². The lowest BCUT2D eigenvalue weighted by Gasteiger charge is -2.02. The van der Waals surface area contributed by atoms with Crippen LogP contribution in [0.2, 0.25) is 0 Å². The molecule has 1 heterocycles. The minimum atomic E-state index is 0.0804. The highest BCUT2D eigenvalue weighted by molar-refractivity contribution is 5.79. The Hall–Kier alpha value is -1.57. The molecule has 0 amide bonds. The molecule has 2 rings (SSSR count). The number of hydrogen-bond acceptors (Lipinski definition) is 1. The fraction of sp³-hybridized carbons (Fsp3) is 0.308. The van der Waals surface area contributed by atoms with E-state index in [0.29, 0.717) is 0 Å². The third-order valence-electron chi connectivity index (χ3n) is 2.37. The largest absolute Gasteiger partial charge is 0.361 e. The number of aryl methyl sites for hydroxylation is 2. The molecule has 2 nitrogen and oxygen atoms in total. The third kappa shape index (κ3) is 2.27. The van der Waals surface area contributed by atoms with Gasteiger partial charge in [-0.05, 0) is 37.1 Å². The van der Waals surface area contributed by atoms with Gasteiger partial charge in [-0.1, -0.05) is 13.8 Å². The van der Waals surface area contributed by atoms with Gasteiger partial charge in [-0.25, -0.2) is 0 Å². The van der Waals surface area contributed by atoms with Crippen molar-refractivity contribution in [3.8, 4) is 0 Å². The molecule has 0 bridgehead atoms. The Morgan fingerprint density at radius 2 is 1.67 bits per heavy atom. The average Bonchev–Trinajstić information content (AvgIpc) is 2.24. The van der Waals surface area contributed by atoms with E-state index < -0.39 is 0 Å². The normalized spacial score (nSPS) is 9.60. The van der Waals surface area contributed by atoms with Crippen LogP contribution in [0, 0.1) is 13.8 Å². The van der Waals surface area contributed by atoms with Crippen molar-refractivity contribution in [3.05, 3.63) is 45.7 Å². The maximum Gasteiger partial charge on any atom is 0.189 e. The second kappa shape index (κ2) is 4.78. The number of rotatable bonds is 0. The van der Waals surface area contributed by atoms with Gasteiger partial charge in [0.1, 0.15) is 0 Å². The van der Waals surface area contributed by atoms with E-state index in [1.165, 1.54) is 5.56 Å². The van der Waals surface area contributed by atoms with Crippen molar-refractivity contribution >= 4 is 10.9 Å². The number of hydrogen-bond donors (Lipinski definition) is 1. The zero-order valence-electron chi connectivity index (χ0n) is 9.72. The summed E-state index contributed by atoms with van der Waals surface area (Å²) in [4.78, 5) is 14.5. The summed E-state index contributed by atoms with van der Waals surface area (Å²) in [6.45, 7) is 8.06. The molecule has 1 aromatic carbocycles. The van der Waals surface area contributed by atoms with Gasteiger partial charge >= 0.3 is 0 Å². The monoisotopic (exact) mass is 203 g/mol. The minimum absolute atomic E-state index is 0.0804. The van der Waals surface area contributed by atoms with Crippen molar-refractivity contribution in [1.82, 2.24) is 4.98 Å². The van der Waals surface area contributed by atoms with Gasteiger partial charge in [0.05, 0.1) is 0 Å². The Morgan fingerprint density at radius 1 is 1.07 bits per heavy atom. The van der Waals surface area contributed by atoms with Crippen LogP contribution in [0.4, 0.5) is 0 Å². The van der Waals surface area contributed by atoms with Crippen molar-refractivity contribution in [1.29, 1.82) is 0 Å². The SMILES string of the molecule is CC.Cc1cc2[nH]ccc(=O)c2cc1C. The Balaban J connectivity index is 0.000000531. The molecular weight excluding hydrogens is 186 g/mol. The van der Waals surface area contributed by atoms with Crippen LogP contribution in [-0.4, -0.2) is 4.98 Å². The number of fused-ring (bicyclic) bond motifs is 1. The summed E-state index contributed by atoms with van der Waals surface area (Å²) < 4.78 is 0. The van der Waals surface area contributed by atoms with E-state index in [9.17, 15) is 4.79 Å². The van der Waals surface area contributed by atoms with E-state index in [1.807, 2.05) is 39.8 Å². The number of aromatic amines is 1. The molecule has 0 saturated heterocycles. The summed E-state index contributed by atoms with van der Waals surface area (Å²) in [5, 5.41) is 0.769. The van der Waals surface area contributed by atoms with Crippen molar-refractivity contribution in [2.75, 3.05) is 0 Å². The lowest BCUT2D eigenvalue weighted by atomic mass is 10.1. The summed E-state index contributed by atoms with van der Waals surface area (Å²) >= 11 is 0. The Bertz CT molecular complexity index is 511. The predicted octanol–water partition coefficient (Wildman–Crippen LogP) is 3.17. The molecule has 0 saturated carbocycles. The van der Waals surface area contributed by atoms with Gasteiger partial charge in [-0.3, -0.25) is 4.79 Å². The highest BCUT2D eigenvalue weighted by Gasteiger charge is 1.99. The van der Waals surface area contributed by atoms with E-state index in [1.54, 1.807) is 12.3 Å². The number of aromatic nitrogens is 1. The Morgan fingerprint density at radius 3 is 2.33 bits per heavy atom. The molecule has 2 aromatic rings. The predicted molar refractivity (Wildman–Crippen MR) is 65.4 cm³/mol. The summed E-state index contributed by atoms with van der Waals surface area (Å²) in [5.41, 5.74) is 3.35. The molecule has 0 aliphatic carbocycles. The van der Waals surface area contributed by atoms with Gasteiger partial charge in [-0.2, -0.15) is 0 Å². The number of nitrogens with one attached hydrogen (secondary N) is 1. The molecule has 0 aliphatic heterocycles. The minimum Gasteiger partial charge on any atom is -0.361 e. The Labute approximate surface area is 90.0 Å². The first-order valence-electron chi connectivity index (χ1n) is 5.27. The highest BCUT2D eigenvalue weighted by Crippen LogP contribution is 2.13. The molecule has 0 fully saturated rings. The van der Waals surface area contributed by atoms with Crippen LogP contribution in [-0.2, 0) is 0 Å². The maximum atomic E-state index is 11.4. The molecule has 0 atom stereocenters. The van der Waals surface area contributed by atoms with Crippen LogP contribution in [0.5, 0.6) is 0 Å². The molecule has 15 heavy (non-hydrogen) atoms. The fourth-order valence-corrected chi connectivity index (χ4v) is 1.44. The first-order valence-corrected chi connectivity index (χ1v) is 5.27. The number of benzene rings is 1. The zero-order valence-corrected chi connectivity index (χ0v) is 9.72. The van der Waals surface area contributed by atoms with Crippen molar-refractivity contribution in [2.45, 2.75) is 27.7 Å². The van der Waals surface area contributed by atoms with Crippen LogP contribution in [0.1, 0.15) is 25.0 Å². The van der Waals surface area contributed by atoms with E-state index in [0.717, 1.165) is 16.5 Å². The fourth-order valence-electron chi connectivity index (χ4n) is 1.44. The summed E-state index contributed by atoms with van der Waals surface area (Å²) in [5.74, 6) is 0. The average molecular weight is 203 g/mol. The van der Waals surface area contributed by atoms with Gasteiger partial charge in [0, 0.05) is 23.2 Å². The van der Waals surface area contributed by atoms with Crippen molar-refractivity contribution in [2.24, 2.45) is 0 Å². The number of H-pyrrole nitrogens is 1. The molecule has 0 aliphatic rings. The van der Waals surface area contributed by atoms with Crippen molar-refractivity contribution in [3.63, 3.8) is 0 Å². The van der Waals surface area contributed by atoms with Gasteiger partial charge in [0.2, 0.25) is 0 Å². The summed E-state index contributed by atoms with van der Waals surface area (Å²) in [7, 11) is 0. The quantitative estimate of drug-likeness (QED) is 0.701. The molecule has 0 spiro atoms.